The zero-order valence-corrected chi connectivity index (χ0v) is 12.2. The van der Waals surface area contributed by atoms with E-state index in [9.17, 15) is 0 Å². The highest BCUT2D eigenvalue weighted by Gasteiger charge is 2.27. The Labute approximate surface area is 124 Å². The largest absolute Gasteiger partial charge is 0.497 e. The average Bonchev–Trinajstić information content (AvgIpc) is 2.54. The molecule has 2 atom stereocenters. The highest BCUT2D eigenvalue weighted by molar-refractivity contribution is 5.45. The van der Waals surface area contributed by atoms with E-state index in [1.54, 1.807) is 14.2 Å². The summed E-state index contributed by atoms with van der Waals surface area (Å²) in [6.45, 7) is 0. The molecule has 4 heteroatoms. The van der Waals surface area contributed by atoms with Crippen LogP contribution in [0, 0.1) is 0 Å². The molecule has 0 bridgehead atoms. The van der Waals surface area contributed by atoms with Crippen molar-refractivity contribution in [2.75, 3.05) is 14.2 Å². The van der Waals surface area contributed by atoms with Gasteiger partial charge in [-0.2, -0.15) is 0 Å². The molecule has 0 fully saturated rings. The maximum atomic E-state index is 6.28. The van der Waals surface area contributed by atoms with Gasteiger partial charge >= 0.3 is 0 Å². The van der Waals surface area contributed by atoms with Crippen LogP contribution >= 0.6 is 0 Å². The molecule has 110 valence electrons. The zero-order valence-electron chi connectivity index (χ0n) is 12.2. The molecule has 4 nitrogen and oxygen atoms in total. The van der Waals surface area contributed by atoms with Crippen LogP contribution in [-0.4, -0.2) is 14.2 Å². The average molecular weight is 285 g/mol. The molecule has 0 saturated heterocycles. The zero-order chi connectivity index (χ0) is 14.8. The fourth-order valence-electron chi connectivity index (χ4n) is 2.65. The van der Waals surface area contributed by atoms with Crippen molar-refractivity contribution >= 4 is 0 Å². The lowest BCUT2D eigenvalue weighted by Gasteiger charge is -2.31. The van der Waals surface area contributed by atoms with Gasteiger partial charge in [0, 0.05) is 24.1 Å². The summed E-state index contributed by atoms with van der Waals surface area (Å²) in [5.41, 5.74) is 8.38. The summed E-state index contributed by atoms with van der Waals surface area (Å²) in [6, 6.07) is 13.6. The Bertz CT molecular complexity index is 642. The Morgan fingerprint density at radius 2 is 1.81 bits per heavy atom. The summed E-state index contributed by atoms with van der Waals surface area (Å²) in [5, 5.41) is 0. The van der Waals surface area contributed by atoms with Crippen LogP contribution in [0.2, 0.25) is 0 Å². The lowest BCUT2D eigenvalue weighted by Crippen LogP contribution is -2.24. The van der Waals surface area contributed by atoms with Gasteiger partial charge in [-0.1, -0.05) is 18.2 Å². The fraction of sp³-hybridized carbons (Fsp3) is 0.294. The summed E-state index contributed by atoms with van der Waals surface area (Å²) in [7, 11) is 3.30. The van der Waals surface area contributed by atoms with E-state index in [1.807, 2.05) is 42.5 Å². The fourth-order valence-corrected chi connectivity index (χ4v) is 2.65. The van der Waals surface area contributed by atoms with Crippen molar-refractivity contribution < 1.29 is 14.2 Å². The van der Waals surface area contributed by atoms with Gasteiger partial charge in [-0.3, -0.25) is 0 Å². The third-order valence-corrected chi connectivity index (χ3v) is 3.82. The van der Waals surface area contributed by atoms with Gasteiger partial charge in [0.1, 0.15) is 23.4 Å². The highest BCUT2D eigenvalue weighted by Crippen LogP contribution is 2.41. The third-order valence-electron chi connectivity index (χ3n) is 3.82. The van der Waals surface area contributed by atoms with Gasteiger partial charge in [-0.15, -0.1) is 0 Å². The minimum atomic E-state index is -0.0743. The molecule has 3 rings (SSSR count). The number of rotatable bonds is 3. The number of methoxy groups -OCH3 is 2. The molecule has 21 heavy (non-hydrogen) atoms. The molecular formula is C17H19NO3. The summed E-state index contributed by atoms with van der Waals surface area (Å²) in [5.74, 6) is 2.38. The SMILES string of the molecule is COc1cccc(C2CC(N)c3ccc(OC)cc3O2)c1. The number of ether oxygens (including phenoxy) is 3. The first kappa shape index (κ1) is 13.8. The van der Waals surface area contributed by atoms with Crippen LogP contribution < -0.4 is 19.9 Å². The Morgan fingerprint density at radius 1 is 1.05 bits per heavy atom. The van der Waals surface area contributed by atoms with E-state index >= 15 is 0 Å². The predicted octanol–water partition coefficient (Wildman–Crippen LogP) is 3.23. The van der Waals surface area contributed by atoms with Crippen molar-refractivity contribution in [3.05, 3.63) is 53.6 Å². The van der Waals surface area contributed by atoms with Crippen molar-refractivity contribution in [2.24, 2.45) is 5.73 Å². The van der Waals surface area contributed by atoms with Gasteiger partial charge in [0.05, 0.1) is 14.2 Å². The minimum Gasteiger partial charge on any atom is -0.497 e. The van der Waals surface area contributed by atoms with E-state index < -0.39 is 0 Å². The van der Waals surface area contributed by atoms with E-state index in [-0.39, 0.29) is 12.1 Å². The summed E-state index contributed by atoms with van der Waals surface area (Å²) in [4.78, 5) is 0. The number of hydrogen-bond acceptors (Lipinski definition) is 4. The molecule has 0 spiro atoms. The van der Waals surface area contributed by atoms with Gasteiger partial charge in [0.25, 0.3) is 0 Å². The number of nitrogens with two attached hydrogens (primary N) is 1. The predicted molar refractivity (Wildman–Crippen MR) is 80.9 cm³/mol. The molecular weight excluding hydrogens is 266 g/mol. The maximum absolute atomic E-state index is 6.28. The second-order valence-corrected chi connectivity index (χ2v) is 5.13. The molecule has 2 aromatic rings. The second-order valence-electron chi connectivity index (χ2n) is 5.13. The van der Waals surface area contributed by atoms with Crippen LogP contribution in [0.4, 0.5) is 0 Å². The Balaban J connectivity index is 1.92. The molecule has 2 N–H and O–H groups in total. The molecule has 0 amide bonds. The second kappa shape index (κ2) is 5.66. The molecule has 1 aliphatic rings. The topological polar surface area (TPSA) is 53.7 Å². The van der Waals surface area contributed by atoms with Crippen molar-refractivity contribution in [3.63, 3.8) is 0 Å². The lowest BCUT2D eigenvalue weighted by molar-refractivity contribution is 0.160. The van der Waals surface area contributed by atoms with Crippen LogP contribution in [0.25, 0.3) is 0 Å². The van der Waals surface area contributed by atoms with E-state index in [2.05, 4.69) is 0 Å². The Hall–Kier alpha value is -2.20. The minimum absolute atomic E-state index is 0.0455. The van der Waals surface area contributed by atoms with Gasteiger partial charge < -0.3 is 19.9 Å². The highest BCUT2D eigenvalue weighted by atomic mass is 16.5. The molecule has 1 aliphatic heterocycles. The summed E-state index contributed by atoms with van der Waals surface area (Å²) < 4.78 is 16.6. The third kappa shape index (κ3) is 2.67. The van der Waals surface area contributed by atoms with Gasteiger partial charge in [0.15, 0.2) is 0 Å². The van der Waals surface area contributed by atoms with Crippen molar-refractivity contribution in [1.82, 2.24) is 0 Å². The van der Waals surface area contributed by atoms with Crippen molar-refractivity contribution in [1.29, 1.82) is 0 Å². The number of hydrogen-bond donors (Lipinski definition) is 1. The molecule has 1 heterocycles. The molecule has 0 aliphatic carbocycles. The van der Waals surface area contributed by atoms with Crippen LogP contribution in [0.1, 0.15) is 29.7 Å². The summed E-state index contributed by atoms with van der Waals surface area (Å²) >= 11 is 0. The Kier molecular flexibility index (Phi) is 3.71. The normalized spacial score (nSPS) is 20.3. The molecule has 2 unspecified atom stereocenters. The van der Waals surface area contributed by atoms with E-state index in [0.29, 0.717) is 0 Å². The van der Waals surface area contributed by atoms with Crippen LogP contribution in [0.5, 0.6) is 17.2 Å². The smallest absolute Gasteiger partial charge is 0.128 e. The maximum Gasteiger partial charge on any atom is 0.128 e. The van der Waals surface area contributed by atoms with Gasteiger partial charge in [-0.05, 0) is 23.8 Å². The molecule has 0 saturated carbocycles. The molecule has 2 aromatic carbocycles. The van der Waals surface area contributed by atoms with Gasteiger partial charge in [-0.25, -0.2) is 0 Å². The van der Waals surface area contributed by atoms with Crippen molar-refractivity contribution in [3.8, 4) is 17.2 Å². The van der Waals surface area contributed by atoms with Gasteiger partial charge in [0.2, 0.25) is 0 Å². The monoisotopic (exact) mass is 285 g/mol. The van der Waals surface area contributed by atoms with Crippen molar-refractivity contribution in [2.45, 2.75) is 18.6 Å². The van der Waals surface area contributed by atoms with E-state index in [1.165, 1.54) is 0 Å². The first-order chi connectivity index (χ1) is 10.2. The molecule has 0 radical (unpaired) electrons. The summed E-state index contributed by atoms with van der Waals surface area (Å²) in [6.07, 6.45) is 0.668. The number of fused-ring (bicyclic) bond motifs is 1. The lowest BCUT2D eigenvalue weighted by atomic mass is 9.93. The quantitative estimate of drug-likeness (QED) is 0.940. The van der Waals surface area contributed by atoms with Crippen LogP contribution in [0.3, 0.4) is 0 Å². The van der Waals surface area contributed by atoms with Crippen LogP contribution in [0.15, 0.2) is 42.5 Å². The Morgan fingerprint density at radius 3 is 2.57 bits per heavy atom. The standard InChI is InChI=1S/C17H19NO3/c1-19-12-5-3-4-11(8-12)16-10-15(18)14-7-6-13(20-2)9-17(14)21-16/h3-9,15-16H,10,18H2,1-2H3. The first-order valence-corrected chi connectivity index (χ1v) is 6.95. The van der Waals surface area contributed by atoms with E-state index in [4.69, 9.17) is 19.9 Å². The molecule has 0 aromatic heterocycles. The number of benzene rings is 2. The van der Waals surface area contributed by atoms with Crippen LogP contribution in [-0.2, 0) is 0 Å². The van der Waals surface area contributed by atoms with E-state index in [0.717, 1.165) is 34.8 Å². The first-order valence-electron chi connectivity index (χ1n) is 6.95.